The highest BCUT2D eigenvalue weighted by atomic mass is 79.9. The van der Waals surface area contributed by atoms with Crippen LogP contribution in [0.15, 0.2) is 22.7 Å². The van der Waals surface area contributed by atoms with E-state index in [2.05, 4.69) is 15.9 Å². The van der Waals surface area contributed by atoms with Gasteiger partial charge in [0.2, 0.25) is 0 Å². The second-order valence-corrected chi connectivity index (χ2v) is 6.43. The van der Waals surface area contributed by atoms with Gasteiger partial charge >= 0.3 is 0 Å². The Labute approximate surface area is 118 Å². The number of hydrogen-bond donors (Lipinski definition) is 2. The van der Waals surface area contributed by atoms with Gasteiger partial charge in [-0.15, -0.1) is 0 Å². The van der Waals surface area contributed by atoms with Crippen LogP contribution in [0.3, 0.4) is 0 Å². The predicted octanol–water partition coefficient (Wildman–Crippen LogP) is 2.79. The first-order valence-electron chi connectivity index (χ1n) is 5.88. The van der Waals surface area contributed by atoms with E-state index >= 15 is 0 Å². The maximum atomic E-state index is 14.1. The molecule has 1 heterocycles. The van der Waals surface area contributed by atoms with E-state index < -0.39 is 23.7 Å². The number of fused-ring (bicyclic) bond motifs is 1. The van der Waals surface area contributed by atoms with E-state index in [4.69, 9.17) is 15.6 Å². The number of benzene rings is 1. The van der Waals surface area contributed by atoms with Crippen LogP contribution in [0.4, 0.5) is 8.78 Å². The summed E-state index contributed by atoms with van der Waals surface area (Å²) in [7, 11) is 0. The highest BCUT2D eigenvalue weighted by Crippen LogP contribution is 2.49. The number of rotatable bonds is 2. The molecule has 0 amide bonds. The lowest BCUT2D eigenvalue weighted by Crippen LogP contribution is -2.61. The molecule has 0 unspecified atom stereocenters. The molecule has 19 heavy (non-hydrogen) atoms. The summed E-state index contributed by atoms with van der Waals surface area (Å²) in [6.07, 6.45) is -0.0863. The third kappa shape index (κ3) is 2.37. The molecular weight excluding hydrogens is 320 g/mol. The first kappa shape index (κ1) is 14.7. The van der Waals surface area contributed by atoms with Gasteiger partial charge in [-0.2, -0.15) is 0 Å². The minimum atomic E-state index is -3.43. The summed E-state index contributed by atoms with van der Waals surface area (Å²) in [5.41, 5.74) is 3.42. The highest BCUT2D eigenvalue weighted by molar-refractivity contribution is 9.10. The average molecular weight is 336 g/mol. The minimum Gasteiger partial charge on any atom is -0.487 e. The van der Waals surface area contributed by atoms with E-state index in [1.54, 1.807) is 26.0 Å². The van der Waals surface area contributed by atoms with Crippen molar-refractivity contribution < 1.29 is 18.6 Å². The number of aliphatic hydroxyl groups excluding tert-OH is 1. The molecule has 0 aliphatic carbocycles. The molecule has 0 aromatic heterocycles. The maximum absolute atomic E-state index is 14.1. The fraction of sp³-hybridized carbons (Fsp3) is 0.538. The highest BCUT2D eigenvalue weighted by Gasteiger charge is 2.57. The standard InChI is InChI=1S/C13H16BrF2NO2/c1-11(2)6-12(17,13(15,16)7-18)9-5-8(14)3-4-10(9)19-11/h3-5,18H,6-7,17H2,1-2H3/t12-/m1/s1. The maximum Gasteiger partial charge on any atom is 0.292 e. The SMILES string of the molecule is CC1(C)C[C@](N)(C(F)(F)CO)c2cc(Br)ccc2O1. The molecule has 2 rings (SSSR count). The van der Waals surface area contributed by atoms with Crippen LogP contribution >= 0.6 is 15.9 Å². The van der Waals surface area contributed by atoms with Crippen LogP contribution in [0, 0.1) is 0 Å². The first-order valence-corrected chi connectivity index (χ1v) is 6.67. The zero-order valence-electron chi connectivity index (χ0n) is 10.7. The van der Waals surface area contributed by atoms with Crippen molar-refractivity contribution >= 4 is 15.9 Å². The van der Waals surface area contributed by atoms with Crippen LogP contribution in [-0.2, 0) is 5.54 Å². The Morgan fingerprint density at radius 1 is 1.47 bits per heavy atom. The summed E-state index contributed by atoms with van der Waals surface area (Å²) < 4.78 is 34.6. The van der Waals surface area contributed by atoms with Crippen LogP contribution in [0.1, 0.15) is 25.8 Å². The molecule has 0 radical (unpaired) electrons. The van der Waals surface area contributed by atoms with Gasteiger partial charge in [0.05, 0.1) is 0 Å². The molecule has 0 bridgehead atoms. The van der Waals surface area contributed by atoms with Gasteiger partial charge in [0.25, 0.3) is 5.92 Å². The first-order chi connectivity index (χ1) is 8.61. The second-order valence-electron chi connectivity index (χ2n) is 5.51. The van der Waals surface area contributed by atoms with E-state index in [-0.39, 0.29) is 12.0 Å². The van der Waals surface area contributed by atoms with Gasteiger partial charge < -0.3 is 15.6 Å². The molecule has 1 aliphatic rings. The van der Waals surface area contributed by atoms with Crippen molar-refractivity contribution in [1.82, 2.24) is 0 Å². The summed E-state index contributed by atoms with van der Waals surface area (Å²) in [5.74, 6) is -3.10. The monoisotopic (exact) mass is 335 g/mol. The van der Waals surface area contributed by atoms with Crippen molar-refractivity contribution in [2.45, 2.75) is 37.3 Å². The molecule has 0 saturated carbocycles. The Morgan fingerprint density at radius 2 is 2.11 bits per heavy atom. The molecule has 1 aromatic carbocycles. The number of halogens is 3. The summed E-state index contributed by atoms with van der Waals surface area (Å²) in [6.45, 7) is 2.10. The van der Waals surface area contributed by atoms with Crippen LogP contribution < -0.4 is 10.5 Å². The fourth-order valence-electron chi connectivity index (χ4n) is 2.51. The smallest absolute Gasteiger partial charge is 0.292 e. The van der Waals surface area contributed by atoms with Crippen LogP contribution in [-0.4, -0.2) is 23.2 Å². The zero-order valence-corrected chi connectivity index (χ0v) is 12.3. The van der Waals surface area contributed by atoms with Crippen molar-refractivity contribution in [3.8, 4) is 5.75 Å². The number of aliphatic hydroxyl groups is 1. The predicted molar refractivity (Wildman–Crippen MR) is 71.4 cm³/mol. The molecule has 0 spiro atoms. The third-order valence-electron chi connectivity index (χ3n) is 3.36. The molecule has 3 N–H and O–H groups in total. The molecule has 0 saturated heterocycles. The summed E-state index contributed by atoms with van der Waals surface area (Å²) in [5, 5.41) is 8.99. The number of nitrogens with two attached hydrogens (primary N) is 1. The quantitative estimate of drug-likeness (QED) is 0.873. The largest absolute Gasteiger partial charge is 0.487 e. The molecule has 3 nitrogen and oxygen atoms in total. The minimum absolute atomic E-state index is 0.0863. The lowest BCUT2D eigenvalue weighted by atomic mass is 9.74. The van der Waals surface area contributed by atoms with E-state index in [9.17, 15) is 8.78 Å². The van der Waals surface area contributed by atoms with E-state index in [0.29, 0.717) is 10.2 Å². The van der Waals surface area contributed by atoms with Crippen molar-refractivity contribution in [3.05, 3.63) is 28.2 Å². The summed E-state index contributed by atoms with van der Waals surface area (Å²) in [6, 6.07) is 4.83. The normalized spacial score (nSPS) is 25.6. The summed E-state index contributed by atoms with van der Waals surface area (Å²) in [4.78, 5) is 0. The number of alkyl halides is 2. The van der Waals surface area contributed by atoms with Crippen molar-refractivity contribution in [2.75, 3.05) is 6.61 Å². The zero-order chi connectivity index (χ0) is 14.5. The van der Waals surface area contributed by atoms with Crippen LogP contribution in [0.5, 0.6) is 5.75 Å². The molecule has 0 fully saturated rings. The van der Waals surface area contributed by atoms with E-state index in [1.165, 1.54) is 6.07 Å². The molecule has 1 aromatic rings. The van der Waals surface area contributed by atoms with Crippen LogP contribution in [0.2, 0.25) is 0 Å². The molecular formula is C13H16BrF2NO2. The van der Waals surface area contributed by atoms with Crippen molar-refractivity contribution in [2.24, 2.45) is 5.73 Å². The molecule has 106 valence electrons. The van der Waals surface area contributed by atoms with Gasteiger partial charge in [-0.3, -0.25) is 0 Å². The summed E-state index contributed by atoms with van der Waals surface area (Å²) >= 11 is 3.24. The Balaban J connectivity index is 2.65. The fourth-order valence-corrected chi connectivity index (χ4v) is 2.87. The van der Waals surface area contributed by atoms with Gasteiger partial charge in [-0.1, -0.05) is 15.9 Å². The Bertz CT molecular complexity index is 507. The number of hydrogen-bond acceptors (Lipinski definition) is 3. The van der Waals surface area contributed by atoms with Gasteiger partial charge in [0.1, 0.15) is 23.5 Å². The number of ether oxygens (including phenoxy) is 1. The average Bonchev–Trinajstić information content (AvgIpc) is 2.29. The Kier molecular flexibility index (Phi) is 3.40. The topological polar surface area (TPSA) is 55.5 Å². The Morgan fingerprint density at radius 3 is 2.68 bits per heavy atom. The lowest BCUT2D eigenvalue weighted by Gasteiger charge is -2.46. The second kappa shape index (κ2) is 4.40. The van der Waals surface area contributed by atoms with Crippen molar-refractivity contribution in [3.63, 3.8) is 0 Å². The van der Waals surface area contributed by atoms with E-state index in [0.717, 1.165) is 0 Å². The molecule has 1 atom stereocenters. The lowest BCUT2D eigenvalue weighted by molar-refractivity contribution is -0.140. The van der Waals surface area contributed by atoms with Gasteiger partial charge in [0.15, 0.2) is 0 Å². The Hall–Kier alpha value is -0.720. The van der Waals surface area contributed by atoms with Crippen LogP contribution in [0.25, 0.3) is 0 Å². The van der Waals surface area contributed by atoms with Gasteiger partial charge in [-0.05, 0) is 32.0 Å². The molecule has 6 heteroatoms. The third-order valence-corrected chi connectivity index (χ3v) is 3.86. The van der Waals surface area contributed by atoms with Crippen molar-refractivity contribution in [1.29, 1.82) is 0 Å². The van der Waals surface area contributed by atoms with Gasteiger partial charge in [-0.25, -0.2) is 8.78 Å². The van der Waals surface area contributed by atoms with E-state index in [1.807, 2.05) is 0 Å². The molecule has 1 aliphatic heterocycles. The van der Waals surface area contributed by atoms with Gasteiger partial charge in [0, 0.05) is 16.5 Å².